The molecule has 0 radical (unpaired) electrons. The molecular weight excluding hydrogens is 671 g/mol. The fraction of sp³-hybridized carbons (Fsp3) is 0.467. The van der Waals surface area contributed by atoms with Gasteiger partial charge < -0.3 is 42.1 Å². The molecule has 1 fully saturated rings. The van der Waals surface area contributed by atoms with Gasteiger partial charge in [0.05, 0.1) is 6.10 Å². The van der Waals surface area contributed by atoms with Crippen molar-refractivity contribution in [3.8, 4) is 0 Å². The number of nitrogens with one attached hydrogen (secondary N) is 3. The fourth-order valence-corrected chi connectivity index (χ4v) is 6.07. The number of benzene rings is 2. The zero-order valence-corrected chi connectivity index (χ0v) is 27.8. The minimum Gasteiger partial charge on any atom is -0.370 e. The largest absolute Gasteiger partial charge is 0.469 e. The highest BCUT2D eigenvalue weighted by molar-refractivity contribution is 7.46. The molecule has 5 atom stereocenters. The zero-order chi connectivity index (χ0) is 35.6. The average Bonchev–Trinajstić information content (AvgIpc) is 3.03. The van der Waals surface area contributed by atoms with Crippen LogP contribution in [-0.2, 0) is 44.3 Å². The lowest BCUT2D eigenvalue weighted by molar-refractivity contribution is -0.147. The van der Waals surface area contributed by atoms with Gasteiger partial charge in [0, 0.05) is 19.4 Å². The Labute approximate surface area is 281 Å². The number of likely N-dealkylation sites (tertiary alicyclic amines) is 1. The van der Waals surface area contributed by atoms with Gasteiger partial charge in [0.15, 0.2) is 0 Å². The smallest absolute Gasteiger partial charge is 0.370 e. The second-order valence-corrected chi connectivity index (χ2v) is 12.9. The van der Waals surface area contributed by atoms with Gasteiger partial charge in [-0.15, -0.1) is 11.6 Å². The number of piperidine rings is 1. The molecule has 2 aromatic rings. The summed E-state index contributed by atoms with van der Waals surface area (Å²) in [5, 5.41) is 9.28. The summed E-state index contributed by atoms with van der Waals surface area (Å²) in [5.74, 6) is -5.38. The van der Waals surface area contributed by atoms with Crippen LogP contribution in [0.15, 0.2) is 42.5 Å². The number of nitrogens with zero attached hydrogens (tertiary/aromatic N) is 1. The molecule has 0 spiro atoms. The first kappa shape index (κ1) is 38.4. The predicted octanol–water partition coefficient (Wildman–Crippen LogP) is -0.295. The van der Waals surface area contributed by atoms with Crippen LogP contribution in [0.1, 0.15) is 44.6 Å². The second kappa shape index (κ2) is 17.4. The number of carbonyl (C=O) groups excluding carboxylic acids is 6. The van der Waals surface area contributed by atoms with Gasteiger partial charge in [0.1, 0.15) is 30.0 Å². The molecule has 1 aliphatic rings. The van der Waals surface area contributed by atoms with Gasteiger partial charge in [0.2, 0.25) is 35.4 Å². The van der Waals surface area contributed by atoms with Crippen LogP contribution in [0.25, 0.3) is 10.8 Å². The van der Waals surface area contributed by atoms with Crippen molar-refractivity contribution in [2.75, 3.05) is 12.4 Å². The number of primary amides is 2. The standard InChI is InChI=1S/C30H40ClN6O10P/c1-17(47-48(44,45)46)26(36-25(39)16-31)30(43)37-13-5-4-8-23(37)29(42)35-22(28(41)34-21(27(33)40)11-12-24(32)38)15-18-9-10-19-6-2-3-7-20(19)14-18/h2-3,6-7,9-10,14,17,21-23,26H,4-5,8,11-13,15-16H2,1H3,(H2,32,38)(H2,33,40)(H,34,41)(H,35,42)(H,36,39)(H2,44,45,46)/t17?,21-,22-,23-,26?/m0/s1. The molecule has 48 heavy (non-hydrogen) atoms. The van der Waals surface area contributed by atoms with E-state index in [0.29, 0.717) is 18.4 Å². The third kappa shape index (κ3) is 11.3. The monoisotopic (exact) mass is 710 g/mol. The number of rotatable bonds is 16. The molecule has 0 saturated carbocycles. The van der Waals surface area contributed by atoms with E-state index in [2.05, 4.69) is 20.5 Å². The molecule has 0 bridgehead atoms. The summed E-state index contributed by atoms with van der Waals surface area (Å²) >= 11 is 5.59. The third-order valence-electron chi connectivity index (χ3n) is 7.79. The Morgan fingerprint density at radius 1 is 1.00 bits per heavy atom. The van der Waals surface area contributed by atoms with E-state index in [1.807, 2.05) is 36.4 Å². The van der Waals surface area contributed by atoms with Crippen LogP contribution in [0.5, 0.6) is 0 Å². The van der Waals surface area contributed by atoms with Gasteiger partial charge in [-0.25, -0.2) is 4.57 Å². The summed E-state index contributed by atoms with van der Waals surface area (Å²) in [7, 11) is -5.09. The minimum absolute atomic E-state index is 0.0358. The topological polar surface area (TPSA) is 261 Å². The molecular formula is C30H40ClN6O10P. The molecule has 18 heteroatoms. The maximum Gasteiger partial charge on any atom is 0.469 e. The highest BCUT2D eigenvalue weighted by atomic mass is 35.5. The highest BCUT2D eigenvalue weighted by Gasteiger charge is 2.41. The quantitative estimate of drug-likeness (QED) is 0.0884. The summed E-state index contributed by atoms with van der Waals surface area (Å²) in [4.78, 5) is 96.6. The molecule has 16 nitrogen and oxygen atoms in total. The molecule has 3 rings (SSSR count). The van der Waals surface area contributed by atoms with Gasteiger partial charge in [0.25, 0.3) is 0 Å². The van der Waals surface area contributed by atoms with Gasteiger partial charge >= 0.3 is 7.82 Å². The Hall–Kier alpha value is -4.08. The van der Waals surface area contributed by atoms with Crippen LogP contribution in [0.4, 0.5) is 0 Å². The van der Waals surface area contributed by atoms with Crippen molar-refractivity contribution in [3.05, 3.63) is 48.0 Å². The summed E-state index contributed by atoms with van der Waals surface area (Å²) in [6.45, 7) is 1.22. The van der Waals surface area contributed by atoms with E-state index in [9.17, 15) is 43.1 Å². The highest BCUT2D eigenvalue weighted by Crippen LogP contribution is 2.38. The lowest BCUT2D eigenvalue weighted by Crippen LogP contribution is -2.62. The summed E-state index contributed by atoms with van der Waals surface area (Å²) in [6.07, 6.45) is -0.801. The number of phosphoric ester groups is 1. The fourth-order valence-electron chi connectivity index (χ4n) is 5.44. The first-order valence-corrected chi connectivity index (χ1v) is 17.2. The minimum atomic E-state index is -5.09. The van der Waals surface area contributed by atoms with Crippen molar-refractivity contribution < 1.29 is 47.6 Å². The number of hydrogen-bond acceptors (Lipinski definition) is 8. The van der Waals surface area contributed by atoms with E-state index in [1.54, 1.807) is 6.07 Å². The Kier molecular flexibility index (Phi) is 13.9. The van der Waals surface area contributed by atoms with Crippen LogP contribution in [0.3, 0.4) is 0 Å². The first-order valence-electron chi connectivity index (χ1n) is 15.2. The number of fused-ring (bicyclic) bond motifs is 1. The number of amides is 6. The summed E-state index contributed by atoms with van der Waals surface area (Å²) in [5.41, 5.74) is 11.3. The van der Waals surface area contributed by atoms with E-state index in [0.717, 1.165) is 15.7 Å². The molecule has 2 aromatic carbocycles. The molecule has 9 N–H and O–H groups in total. The van der Waals surface area contributed by atoms with Gasteiger partial charge in [-0.2, -0.15) is 0 Å². The Bertz CT molecular complexity index is 1570. The lowest BCUT2D eigenvalue weighted by Gasteiger charge is -2.38. The zero-order valence-electron chi connectivity index (χ0n) is 26.2. The molecule has 0 aliphatic carbocycles. The SMILES string of the molecule is CC(OP(=O)(O)O)C(NC(=O)CCl)C(=O)N1CCCC[C@H]1C(=O)N[C@@H](Cc1ccc2ccccc2c1)C(=O)N[C@@H](CCC(N)=O)C(N)=O. The van der Waals surface area contributed by atoms with Gasteiger partial charge in [-0.3, -0.25) is 33.3 Å². The predicted molar refractivity (Wildman–Crippen MR) is 174 cm³/mol. The Balaban J connectivity index is 1.91. The lowest BCUT2D eigenvalue weighted by atomic mass is 9.97. The van der Waals surface area contributed by atoms with E-state index < -0.39 is 79.4 Å². The first-order chi connectivity index (χ1) is 22.6. The van der Waals surface area contributed by atoms with E-state index in [4.69, 9.17) is 23.1 Å². The van der Waals surface area contributed by atoms with E-state index >= 15 is 0 Å². The average molecular weight is 711 g/mol. The van der Waals surface area contributed by atoms with Crippen LogP contribution < -0.4 is 27.4 Å². The summed E-state index contributed by atoms with van der Waals surface area (Å²) < 4.78 is 16.2. The Morgan fingerprint density at radius 2 is 1.69 bits per heavy atom. The van der Waals surface area contributed by atoms with Crippen molar-refractivity contribution in [1.29, 1.82) is 0 Å². The van der Waals surface area contributed by atoms with Crippen LogP contribution >= 0.6 is 19.4 Å². The second-order valence-electron chi connectivity index (χ2n) is 11.4. The van der Waals surface area contributed by atoms with Crippen LogP contribution in [-0.4, -0.2) is 92.8 Å². The van der Waals surface area contributed by atoms with Crippen molar-refractivity contribution >= 4 is 65.6 Å². The molecule has 2 unspecified atom stereocenters. The Morgan fingerprint density at radius 3 is 2.31 bits per heavy atom. The molecule has 6 amide bonds. The third-order valence-corrected chi connectivity index (χ3v) is 8.64. The molecule has 1 heterocycles. The van der Waals surface area contributed by atoms with Gasteiger partial charge in [-0.1, -0.05) is 42.5 Å². The van der Waals surface area contributed by atoms with Crippen LogP contribution in [0, 0.1) is 0 Å². The van der Waals surface area contributed by atoms with Gasteiger partial charge in [-0.05, 0) is 48.9 Å². The number of halogens is 1. The molecule has 1 saturated heterocycles. The van der Waals surface area contributed by atoms with E-state index in [-0.39, 0.29) is 32.2 Å². The van der Waals surface area contributed by atoms with Crippen molar-refractivity contribution in [3.63, 3.8) is 0 Å². The number of alkyl halides is 1. The maximum absolute atomic E-state index is 13.9. The molecule has 0 aromatic heterocycles. The molecule has 262 valence electrons. The van der Waals surface area contributed by atoms with Crippen molar-refractivity contribution in [2.24, 2.45) is 11.5 Å². The number of nitrogens with two attached hydrogens (primary N) is 2. The van der Waals surface area contributed by atoms with Crippen molar-refractivity contribution in [2.45, 2.75) is 75.7 Å². The molecule has 1 aliphatic heterocycles. The van der Waals surface area contributed by atoms with Crippen molar-refractivity contribution in [1.82, 2.24) is 20.9 Å². The number of hydrogen-bond donors (Lipinski definition) is 7. The maximum atomic E-state index is 13.9. The normalized spacial score (nSPS) is 17.4. The van der Waals surface area contributed by atoms with Crippen LogP contribution in [0.2, 0.25) is 0 Å². The number of carbonyl (C=O) groups is 6. The van der Waals surface area contributed by atoms with E-state index in [1.165, 1.54) is 6.92 Å². The summed E-state index contributed by atoms with van der Waals surface area (Å²) in [6, 6.07) is 7.64. The number of phosphoric acid groups is 1.